The highest BCUT2D eigenvalue weighted by molar-refractivity contribution is 5.89. The fourth-order valence-electron chi connectivity index (χ4n) is 2.50. The summed E-state index contributed by atoms with van der Waals surface area (Å²) in [5, 5.41) is 10.6. The van der Waals surface area contributed by atoms with Crippen molar-refractivity contribution in [3.05, 3.63) is 69.8 Å². The fourth-order valence-corrected chi connectivity index (χ4v) is 2.50. The van der Waals surface area contributed by atoms with Crippen LogP contribution in [0.25, 0.3) is 6.08 Å². The number of amides is 1. The summed E-state index contributed by atoms with van der Waals surface area (Å²) in [4.78, 5) is 35.6. The Bertz CT molecular complexity index is 939. The molecular formula is C21H22N2O7. The molecule has 0 aromatic heterocycles. The summed E-state index contributed by atoms with van der Waals surface area (Å²) in [7, 11) is 4.66. The van der Waals surface area contributed by atoms with Crippen molar-refractivity contribution >= 4 is 23.6 Å². The quantitative estimate of drug-likeness (QED) is 0.269. The normalized spacial score (nSPS) is 10.5. The number of non-ortho nitro benzene ring substituents is 1. The lowest BCUT2D eigenvalue weighted by molar-refractivity contribution is -0.384. The third-order valence-electron chi connectivity index (χ3n) is 4.15. The zero-order chi connectivity index (χ0) is 22.1. The van der Waals surface area contributed by atoms with Gasteiger partial charge < -0.3 is 19.1 Å². The highest BCUT2D eigenvalue weighted by Crippen LogP contribution is 2.27. The highest BCUT2D eigenvalue weighted by atomic mass is 16.6. The van der Waals surface area contributed by atoms with Crippen LogP contribution in [0.4, 0.5) is 5.69 Å². The molecule has 0 aliphatic rings. The molecular weight excluding hydrogens is 392 g/mol. The van der Waals surface area contributed by atoms with Crippen molar-refractivity contribution < 1.29 is 28.7 Å². The standard InChI is InChI=1S/C21H22N2O7/c1-22(13-16-6-10-18(28-2)19(12-16)29-3)20(24)14-30-21(25)11-7-15-4-8-17(9-5-15)23(26)27/h4-12H,13-14H2,1-3H3/b11-7+. The van der Waals surface area contributed by atoms with Crippen LogP contribution in [0.15, 0.2) is 48.5 Å². The van der Waals surface area contributed by atoms with E-state index in [1.165, 1.54) is 49.5 Å². The van der Waals surface area contributed by atoms with E-state index >= 15 is 0 Å². The summed E-state index contributed by atoms with van der Waals surface area (Å²) in [6.07, 6.45) is 2.60. The number of nitrogens with zero attached hydrogens (tertiary/aromatic N) is 2. The molecule has 0 radical (unpaired) electrons. The molecule has 0 bridgehead atoms. The second-order valence-corrected chi connectivity index (χ2v) is 6.23. The number of carbonyl (C=O) groups excluding carboxylic acids is 2. The van der Waals surface area contributed by atoms with E-state index in [1.54, 1.807) is 19.2 Å². The molecule has 2 aromatic carbocycles. The molecule has 158 valence electrons. The van der Waals surface area contributed by atoms with Crippen molar-refractivity contribution in [2.75, 3.05) is 27.9 Å². The van der Waals surface area contributed by atoms with E-state index in [1.807, 2.05) is 6.07 Å². The van der Waals surface area contributed by atoms with Crippen LogP contribution in [0.2, 0.25) is 0 Å². The van der Waals surface area contributed by atoms with Crippen LogP contribution in [0.3, 0.4) is 0 Å². The zero-order valence-electron chi connectivity index (χ0n) is 16.9. The second kappa shape index (κ2) is 10.6. The molecule has 9 heteroatoms. The van der Waals surface area contributed by atoms with Gasteiger partial charge in [-0.2, -0.15) is 0 Å². The molecule has 9 nitrogen and oxygen atoms in total. The smallest absolute Gasteiger partial charge is 0.331 e. The molecule has 0 saturated carbocycles. The van der Waals surface area contributed by atoms with Crippen LogP contribution < -0.4 is 9.47 Å². The molecule has 2 aromatic rings. The highest BCUT2D eigenvalue weighted by Gasteiger charge is 2.13. The monoisotopic (exact) mass is 414 g/mol. The van der Waals surface area contributed by atoms with Gasteiger partial charge in [-0.1, -0.05) is 6.07 Å². The Morgan fingerprint density at radius 3 is 2.33 bits per heavy atom. The van der Waals surface area contributed by atoms with E-state index in [-0.39, 0.29) is 11.6 Å². The Morgan fingerprint density at radius 1 is 1.07 bits per heavy atom. The van der Waals surface area contributed by atoms with Gasteiger partial charge in [0.2, 0.25) is 0 Å². The summed E-state index contributed by atoms with van der Waals surface area (Å²) in [5.41, 5.74) is 1.38. The van der Waals surface area contributed by atoms with Crippen molar-refractivity contribution in [1.29, 1.82) is 0 Å². The van der Waals surface area contributed by atoms with Crippen molar-refractivity contribution in [3.8, 4) is 11.5 Å². The van der Waals surface area contributed by atoms with Crippen LogP contribution in [-0.4, -0.2) is 49.6 Å². The third kappa shape index (κ3) is 6.33. The molecule has 0 aliphatic heterocycles. The second-order valence-electron chi connectivity index (χ2n) is 6.23. The summed E-state index contributed by atoms with van der Waals surface area (Å²) >= 11 is 0. The lowest BCUT2D eigenvalue weighted by Gasteiger charge is -2.18. The minimum absolute atomic E-state index is 0.0437. The predicted octanol–water partition coefficient (Wildman–Crippen LogP) is 2.83. The van der Waals surface area contributed by atoms with Gasteiger partial charge in [0.25, 0.3) is 11.6 Å². The number of ether oxygens (including phenoxy) is 3. The molecule has 30 heavy (non-hydrogen) atoms. The number of nitro benzene ring substituents is 1. The summed E-state index contributed by atoms with van der Waals surface area (Å²) in [6, 6.07) is 11.0. The topological polar surface area (TPSA) is 108 Å². The summed E-state index contributed by atoms with van der Waals surface area (Å²) in [5.74, 6) is 0.0747. The Labute approximate surface area is 173 Å². The molecule has 0 unspecified atom stereocenters. The molecule has 0 fully saturated rings. The molecule has 0 N–H and O–H groups in total. The number of benzene rings is 2. The molecule has 2 rings (SSSR count). The van der Waals surface area contributed by atoms with E-state index in [9.17, 15) is 19.7 Å². The average molecular weight is 414 g/mol. The molecule has 0 atom stereocenters. The number of hydrogen-bond acceptors (Lipinski definition) is 7. The van der Waals surface area contributed by atoms with Gasteiger partial charge in [-0.15, -0.1) is 0 Å². The number of carbonyl (C=O) groups is 2. The lowest BCUT2D eigenvalue weighted by atomic mass is 10.2. The van der Waals surface area contributed by atoms with Crippen molar-refractivity contribution in [2.45, 2.75) is 6.54 Å². The van der Waals surface area contributed by atoms with E-state index < -0.39 is 17.5 Å². The summed E-state index contributed by atoms with van der Waals surface area (Å²) < 4.78 is 15.4. The SMILES string of the molecule is COc1ccc(CN(C)C(=O)COC(=O)/C=C/c2ccc([N+](=O)[O-])cc2)cc1OC. The van der Waals surface area contributed by atoms with E-state index in [2.05, 4.69) is 0 Å². The van der Waals surface area contributed by atoms with Gasteiger partial charge in [0.05, 0.1) is 19.1 Å². The molecule has 0 saturated heterocycles. The zero-order valence-corrected chi connectivity index (χ0v) is 16.9. The Kier molecular flexibility index (Phi) is 7.92. The van der Waals surface area contributed by atoms with E-state index in [0.717, 1.165) is 11.6 Å². The van der Waals surface area contributed by atoms with Crippen molar-refractivity contribution in [3.63, 3.8) is 0 Å². The van der Waals surface area contributed by atoms with Gasteiger partial charge in [0.15, 0.2) is 18.1 Å². The van der Waals surface area contributed by atoms with Crippen LogP contribution in [0, 0.1) is 10.1 Å². The first-order valence-electron chi connectivity index (χ1n) is 8.88. The van der Waals surface area contributed by atoms with E-state index in [4.69, 9.17) is 14.2 Å². The van der Waals surface area contributed by atoms with Crippen molar-refractivity contribution in [1.82, 2.24) is 4.90 Å². The number of nitro groups is 1. The van der Waals surface area contributed by atoms with Crippen LogP contribution in [0.5, 0.6) is 11.5 Å². The Morgan fingerprint density at radius 2 is 1.73 bits per heavy atom. The largest absolute Gasteiger partial charge is 0.493 e. The van der Waals surface area contributed by atoms with Crippen LogP contribution in [-0.2, 0) is 20.9 Å². The maximum Gasteiger partial charge on any atom is 0.331 e. The minimum Gasteiger partial charge on any atom is -0.493 e. The first kappa shape index (κ1) is 22.4. The number of methoxy groups -OCH3 is 2. The van der Waals surface area contributed by atoms with Gasteiger partial charge in [-0.3, -0.25) is 14.9 Å². The molecule has 1 amide bonds. The van der Waals surface area contributed by atoms with Gasteiger partial charge in [-0.05, 0) is 41.5 Å². The average Bonchev–Trinajstić information content (AvgIpc) is 2.75. The number of esters is 1. The van der Waals surface area contributed by atoms with Crippen molar-refractivity contribution in [2.24, 2.45) is 0 Å². The maximum atomic E-state index is 12.2. The van der Waals surface area contributed by atoms with Gasteiger partial charge in [-0.25, -0.2) is 4.79 Å². The summed E-state index contributed by atoms with van der Waals surface area (Å²) in [6.45, 7) is -0.109. The molecule has 0 spiro atoms. The fraction of sp³-hybridized carbons (Fsp3) is 0.238. The Balaban J connectivity index is 1.85. The first-order chi connectivity index (χ1) is 14.3. The lowest BCUT2D eigenvalue weighted by Crippen LogP contribution is -2.30. The number of hydrogen-bond donors (Lipinski definition) is 0. The van der Waals surface area contributed by atoms with Crippen LogP contribution in [0.1, 0.15) is 11.1 Å². The third-order valence-corrected chi connectivity index (χ3v) is 4.15. The first-order valence-corrected chi connectivity index (χ1v) is 8.88. The number of rotatable bonds is 9. The molecule has 0 aliphatic carbocycles. The number of likely N-dealkylation sites (N-methyl/N-ethyl adjacent to an activating group) is 1. The maximum absolute atomic E-state index is 12.2. The van der Waals surface area contributed by atoms with Crippen LogP contribution >= 0.6 is 0 Å². The predicted molar refractivity (Wildman–Crippen MR) is 109 cm³/mol. The Hall–Kier alpha value is -3.88. The van der Waals surface area contributed by atoms with E-state index in [0.29, 0.717) is 23.6 Å². The van der Waals surface area contributed by atoms with Gasteiger partial charge in [0, 0.05) is 31.8 Å². The van der Waals surface area contributed by atoms with Gasteiger partial charge >= 0.3 is 5.97 Å². The molecule has 0 heterocycles. The minimum atomic E-state index is -0.693. The van der Waals surface area contributed by atoms with Gasteiger partial charge in [0.1, 0.15) is 0 Å².